The molecule has 112 valence electrons. The molecule has 3 nitrogen and oxygen atoms in total. The van der Waals surface area contributed by atoms with E-state index in [1.807, 2.05) is 13.1 Å². The number of nitrogens with one attached hydrogen (secondary N) is 1. The minimum Gasteiger partial charge on any atom is -0.438 e. The zero-order chi connectivity index (χ0) is 15.4. The minimum atomic E-state index is -0.311. The Hall–Kier alpha value is -1.46. The van der Waals surface area contributed by atoms with Crippen molar-refractivity contribution in [3.63, 3.8) is 0 Å². The van der Waals surface area contributed by atoms with Crippen molar-refractivity contribution in [1.82, 2.24) is 10.3 Å². The van der Waals surface area contributed by atoms with Gasteiger partial charge >= 0.3 is 0 Å². The van der Waals surface area contributed by atoms with Crippen molar-refractivity contribution in [1.29, 1.82) is 0 Å². The molecule has 0 atom stereocenters. The number of halogens is 2. The highest BCUT2D eigenvalue weighted by Gasteiger charge is 2.10. The van der Waals surface area contributed by atoms with Gasteiger partial charge in [0.2, 0.25) is 5.88 Å². The molecule has 0 unspecified atom stereocenters. The second-order valence-corrected chi connectivity index (χ2v) is 5.95. The molecule has 0 aliphatic carbocycles. The van der Waals surface area contributed by atoms with Crippen molar-refractivity contribution in [3.8, 4) is 11.6 Å². The zero-order valence-corrected chi connectivity index (χ0v) is 13.9. The van der Waals surface area contributed by atoms with Crippen molar-refractivity contribution in [2.75, 3.05) is 7.05 Å². The molecule has 21 heavy (non-hydrogen) atoms. The molecule has 1 heterocycles. The fourth-order valence-electron chi connectivity index (χ4n) is 1.91. The topological polar surface area (TPSA) is 34.1 Å². The molecule has 0 aliphatic heterocycles. The number of aromatic nitrogens is 1. The van der Waals surface area contributed by atoms with Gasteiger partial charge in [0.25, 0.3) is 0 Å². The van der Waals surface area contributed by atoms with Gasteiger partial charge in [0.1, 0.15) is 11.6 Å². The van der Waals surface area contributed by atoms with Gasteiger partial charge in [-0.1, -0.05) is 13.8 Å². The number of nitrogens with zero attached hydrogens (tertiary/aromatic N) is 1. The van der Waals surface area contributed by atoms with Gasteiger partial charge in [-0.2, -0.15) is 0 Å². The summed E-state index contributed by atoms with van der Waals surface area (Å²) in [7, 11) is 1.90. The van der Waals surface area contributed by atoms with E-state index in [0.29, 0.717) is 22.0 Å². The lowest BCUT2D eigenvalue weighted by atomic mass is 10.1. The van der Waals surface area contributed by atoms with E-state index in [4.69, 9.17) is 4.74 Å². The van der Waals surface area contributed by atoms with Crippen LogP contribution in [0.15, 0.2) is 34.8 Å². The van der Waals surface area contributed by atoms with Gasteiger partial charge in [-0.05, 0) is 58.7 Å². The maximum atomic E-state index is 13.1. The van der Waals surface area contributed by atoms with Crippen LogP contribution >= 0.6 is 15.9 Å². The second-order valence-electron chi connectivity index (χ2n) is 5.10. The average Bonchev–Trinajstić information content (AvgIpc) is 2.42. The maximum absolute atomic E-state index is 13.1. The predicted molar refractivity (Wildman–Crippen MR) is 85.3 cm³/mol. The van der Waals surface area contributed by atoms with Crippen LogP contribution in [0, 0.1) is 5.82 Å². The lowest BCUT2D eigenvalue weighted by molar-refractivity contribution is 0.454. The molecule has 1 aromatic heterocycles. The first-order valence-electron chi connectivity index (χ1n) is 6.78. The van der Waals surface area contributed by atoms with E-state index in [-0.39, 0.29) is 5.82 Å². The lowest BCUT2D eigenvalue weighted by Crippen LogP contribution is -2.07. The van der Waals surface area contributed by atoms with Crippen LogP contribution in [0.4, 0.5) is 4.39 Å². The summed E-state index contributed by atoms with van der Waals surface area (Å²) in [5.41, 5.74) is 2.07. The summed E-state index contributed by atoms with van der Waals surface area (Å²) < 4.78 is 19.5. The van der Waals surface area contributed by atoms with E-state index >= 15 is 0 Å². The second kappa shape index (κ2) is 7.00. The third-order valence-corrected chi connectivity index (χ3v) is 3.58. The summed E-state index contributed by atoms with van der Waals surface area (Å²) in [6, 6.07) is 8.27. The molecule has 0 saturated carbocycles. The van der Waals surface area contributed by atoms with Gasteiger partial charge < -0.3 is 10.1 Å². The van der Waals surface area contributed by atoms with Crippen molar-refractivity contribution in [3.05, 3.63) is 51.9 Å². The van der Waals surface area contributed by atoms with Gasteiger partial charge in [-0.15, -0.1) is 0 Å². The summed E-state index contributed by atoms with van der Waals surface area (Å²) in [5, 5.41) is 3.12. The molecule has 0 radical (unpaired) electrons. The quantitative estimate of drug-likeness (QED) is 0.852. The molecular weight excluding hydrogens is 335 g/mol. The van der Waals surface area contributed by atoms with E-state index < -0.39 is 0 Å². The Labute approximate surface area is 132 Å². The van der Waals surface area contributed by atoms with Crippen molar-refractivity contribution in [2.24, 2.45) is 0 Å². The highest BCUT2D eigenvalue weighted by molar-refractivity contribution is 9.10. The molecule has 2 aromatic rings. The van der Waals surface area contributed by atoms with Crippen LogP contribution in [-0.4, -0.2) is 12.0 Å². The van der Waals surface area contributed by atoms with Gasteiger partial charge in [0.15, 0.2) is 0 Å². The third-order valence-electron chi connectivity index (χ3n) is 2.96. The molecule has 0 amide bonds. The number of benzene rings is 1. The molecule has 0 saturated heterocycles. The number of hydrogen-bond donors (Lipinski definition) is 1. The summed E-state index contributed by atoms with van der Waals surface area (Å²) in [4.78, 5) is 4.51. The highest BCUT2D eigenvalue weighted by atomic mass is 79.9. The standard InChI is InChI=1S/C16H18BrFN2O/c1-10(2)14-6-11(9-19-3)7-16(20-14)21-15-5-4-12(18)8-13(15)17/h4-8,10,19H,9H2,1-3H3. The van der Waals surface area contributed by atoms with Gasteiger partial charge in [0, 0.05) is 18.3 Å². The molecule has 0 aliphatic rings. The lowest BCUT2D eigenvalue weighted by Gasteiger charge is -2.12. The fourth-order valence-corrected chi connectivity index (χ4v) is 2.34. The molecule has 1 aromatic carbocycles. The first-order valence-corrected chi connectivity index (χ1v) is 7.57. The summed E-state index contributed by atoms with van der Waals surface area (Å²) in [6.45, 7) is 4.91. The summed E-state index contributed by atoms with van der Waals surface area (Å²) in [5.74, 6) is 1.05. The normalized spacial score (nSPS) is 11.0. The SMILES string of the molecule is CNCc1cc(Oc2ccc(F)cc2Br)nc(C(C)C)c1. The zero-order valence-electron chi connectivity index (χ0n) is 12.3. The Kier molecular flexibility index (Phi) is 5.31. The predicted octanol–water partition coefficient (Wildman–Crippen LogP) is 4.62. The Balaban J connectivity index is 2.33. The van der Waals surface area contributed by atoms with E-state index in [2.05, 4.69) is 46.1 Å². The highest BCUT2D eigenvalue weighted by Crippen LogP contribution is 2.30. The molecule has 1 N–H and O–H groups in total. The number of hydrogen-bond acceptors (Lipinski definition) is 3. The Morgan fingerprint density at radius 3 is 2.67 bits per heavy atom. The van der Waals surface area contributed by atoms with Crippen LogP contribution < -0.4 is 10.1 Å². The molecular formula is C16H18BrFN2O. The van der Waals surface area contributed by atoms with E-state index in [1.165, 1.54) is 12.1 Å². The number of ether oxygens (including phenoxy) is 1. The van der Waals surface area contributed by atoms with Crippen LogP contribution in [0.25, 0.3) is 0 Å². The third kappa shape index (κ3) is 4.25. The maximum Gasteiger partial charge on any atom is 0.219 e. The average molecular weight is 353 g/mol. The summed E-state index contributed by atoms with van der Waals surface area (Å²) in [6.07, 6.45) is 0. The smallest absolute Gasteiger partial charge is 0.219 e. The van der Waals surface area contributed by atoms with E-state index in [0.717, 1.165) is 17.8 Å². The van der Waals surface area contributed by atoms with Crippen molar-refractivity contribution in [2.45, 2.75) is 26.3 Å². The molecule has 0 fully saturated rings. The Morgan fingerprint density at radius 1 is 1.29 bits per heavy atom. The largest absolute Gasteiger partial charge is 0.438 e. The summed E-state index contributed by atoms with van der Waals surface area (Å²) >= 11 is 3.30. The number of rotatable bonds is 5. The Morgan fingerprint density at radius 2 is 2.05 bits per heavy atom. The van der Waals surface area contributed by atoms with Gasteiger partial charge in [0.05, 0.1) is 4.47 Å². The van der Waals surface area contributed by atoms with Crippen LogP contribution in [0.3, 0.4) is 0 Å². The van der Waals surface area contributed by atoms with Crippen LogP contribution in [0.5, 0.6) is 11.6 Å². The van der Waals surface area contributed by atoms with Crippen LogP contribution in [-0.2, 0) is 6.54 Å². The molecule has 0 bridgehead atoms. The number of pyridine rings is 1. The van der Waals surface area contributed by atoms with E-state index in [1.54, 1.807) is 6.07 Å². The van der Waals surface area contributed by atoms with Crippen LogP contribution in [0.2, 0.25) is 0 Å². The Bertz CT molecular complexity index is 632. The fraction of sp³-hybridized carbons (Fsp3) is 0.312. The van der Waals surface area contributed by atoms with Crippen molar-refractivity contribution >= 4 is 15.9 Å². The monoisotopic (exact) mass is 352 g/mol. The van der Waals surface area contributed by atoms with Crippen molar-refractivity contribution < 1.29 is 9.13 Å². The minimum absolute atomic E-state index is 0.306. The van der Waals surface area contributed by atoms with Crippen LogP contribution in [0.1, 0.15) is 31.0 Å². The molecule has 0 spiro atoms. The first-order chi connectivity index (χ1) is 9.99. The molecule has 2 rings (SSSR count). The molecule has 5 heteroatoms. The van der Waals surface area contributed by atoms with E-state index in [9.17, 15) is 4.39 Å². The van der Waals surface area contributed by atoms with Gasteiger partial charge in [-0.25, -0.2) is 9.37 Å². The first kappa shape index (κ1) is 15.9. The van der Waals surface area contributed by atoms with Gasteiger partial charge in [-0.3, -0.25) is 0 Å².